The van der Waals surface area contributed by atoms with E-state index in [2.05, 4.69) is 4.72 Å². The third-order valence-electron chi connectivity index (χ3n) is 3.14. The maximum absolute atomic E-state index is 13.8. The van der Waals surface area contributed by atoms with Crippen molar-refractivity contribution in [3.05, 3.63) is 63.4 Å². The number of ether oxygens (including phenoxy) is 1. The zero-order valence-electron chi connectivity index (χ0n) is 13.1. The number of carbonyl (C=O) groups excluding carboxylic acids is 1. The molecule has 5 nitrogen and oxygen atoms in total. The van der Waals surface area contributed by atoms with Crippen LogP contribution in [0.25, 0.3) is 0 Å². The van der Waals surface area contributed by atoms with Crippen LogP contribution in [0, 0.1) is 5.82 Å². The molecule has 2 rings (SSSR count). The van der Waals surface area contributed by atoms with E-state index in [-0.39, 0.29) is 33.5 Å². The van der Waals surface area contributed by atoms with Gasteiger partial charge in [0.15, 0.2) is 0 Å². The van der Waals surface area contributed by atoms with E-state index in [0.29, 0.717) is 0 Å². The Hall–Kier alpha value is -1.83. The van der Waals surface area contributed by atoms with Gasteiger partial charge in [0.2, 0.25) is 10.0 Å². The average molecular weight is 406 g/mol. The van der Waals surface area contributed by atoms with Gasteiger partial charge in [-0.25, -0.2) is 17.6 Å². The number of halogens is 3. The molecule has 0 unspecified atom stereocenters. The van der Waals surface area contributed by atoms with Gasteiger partial charge >= 0.3 is 5.97 Å². The molecule has 2 aromatic rings. The molecule has 0 bridgehead atoms. The Morgan fingerprint density at radius 1 is 1.20 bits per heavy atom. The van der Waals surface area contributed by atoms with Crippen molar-refractivity contribution < 1.29 is 22.3 Å². The Morgan fingerprint density at radius 2 is 1.92 bits per heavy atom. The maximum Gasteiger partial charge on any atom is 0.338 e. The molecule has 0 saturated carbocycles. The number of rotatable bonds is 6. The molecule has 2 aromatic carbocycles. The van der Waals surface area contributed by atoms with E-state index in [1.54, 1.807) is 6.92 Å². The van der Waals surface area contributed by atoms with Crippen molar-refractivity contribution in [3.63, 3.8) is 0 Å². The molecule has 0 spiro atoms. The molecule has 0 amide bonds. The fourth-order valence-corrected chi connectivity index (χ4v) is 3.85. The molecular weight excluding hydrogens is 392 g/mol. The summed E-state index contributed by atoms with van der Waals surface area (Å²) in [7, 11) is -3.97. The number of esters is 1. The summed E-state index contributed by atoms with van der Waals surface area (Å²) in [6, 6.07) is 7.89. The van der Waals surface area contributed by atoms with Crippen LogP contribution < -0.4 is 4.72 Å². The Bertz CT molecular complexity index is 883. The predicted molar refractivity (Wildman–Crippen MR) is 95.1 cm³/mol. The molecule has 9 heteroatoms. The number of nitrogens with one attached hydrogen (secondary N) is 1. The van der Waals surface area contributed by atoms with E-state index in [9.17, 15) is 17.6 Å². The smallest absolute Gasteiger partial charge is 0.338 e. The molecule has 0 aromatic heterocycles. The van der Waals surface area contributed by atoms with Crippen LogP contribution in [0.2, 0.25) is 10.0 Å². The van der Waals surface area contributed by atoms with E-state index in [0.717, 1.165) is 6.07 Å². The maximum atomic E-state index is 13.8. The fraction of sp³-hybridized carbons (Fsp3) is 0.188. The average Bonchev–Trinajstić information content (AvgIpc) is 2.53. The minimum Gasteiger partial charge on any atom is -0.462 e. The summed E-state index contributed by atoms with van der Waals surface area (Å²) in [5.74, 6) is -1.95. The van der Waals surface area contributed by atoms with E-state index in [1.165, 1.54) is 30.3 Å². The topological polar surface area (TPSA) is 72.5 Å². The van der Waals surface area contributed by atoms with Gasteiger partial charge in [0.1, 0.15) is 5.82 Å². The highest BCUT2D eigenvalue weighted by Gasteiger charge is 2.19. The largest absolute Gasteiger partial charge is 0.462 e. The standard InChI is InChI=1S/C16H14Cl2FNO4S/c1-2-24-16(21)10-6-7-15(13(18)8-10)20-25(22,23)9-11-12(17)4-3-5-14(11)19/h3-8,20H,2,9H2,1H3. The minimum absolute atomic E-state index is 0.00811. The van der Waals surface area contributed by atoms with Crippen molar-refractivity contribution >= 4 is 44.9 Å². The second kappa shape index (κ2) is 8.03. The molecular formula is C16H14Cl2FNO4S. The first-order valence-corrected chi connectivity index (χ1v) is 9.54. The van der Waals surface area contributed by atoms with E-state index >= 15 is 0 Å². The first-order chi connectivity index (χ1) is 11.7. The minimum atomic E-state index is -3.97. The molecule has 0 aliphatic rings. The Balaban J connectivity index is 2.22. The highest BCUT2D eigenvalue weighted by atomic mass is 35.5. The van der Waals surface area contributed by atoms with Crippen LogP contribution in [0.4, 0.5) is 10.1 Å². The zero-order chi connectivity index (χ0) is 18.6. The number of benzene rings is 2. The SMILES string of the molecule is CCOC(=O)c1ccc(NS(=O)(=O)Cc2c(F)cccc2Cl)c(Cl)c1. The highest BCUT2D eigenvalue weighted by Crippen LogP contribution is 2.27. The van der Waals surface area contributed by atoms with Gasteiger partial charge in [-0.3, -0.25) is 4.72 Å². The lowest BCUT2D eigenvalue weighted by Gasteiger charge is -2.12. The lowest BCUT2D eigenvalue weighted by Crippen LogP contribution is -2.16. The van der Waals surface area contributed by atoms with Crippen molar-refractivity contribution in [3.8, 4) is 0 Å². The van der Waals surface area contributed by atoms with Crippen molar-refractivity contribution in [2.45, 2.75) is 12.7 Å². The summed E-state index contributed by atoms with van der Waals surface area (Å²) in [4.78, 5) is 11.6. The van der Waals surface area contributed by atoms with E-state index in [1.807, 2.05) is 0 Å². The Labute approximate surface area is 154 Å². The van der Waals surface area contributed by atoms with Crippen molar-refractivity contribution in [1.82, 2.24) is 0 Å². The number of anilines is 1. The first-order valence-electron chi connectivity index (χ1n) is 7.13. The normalized spacial score (nSPS) is 11.2. The summed E-state index contributed by atoms with van der Waals surface area (Å²) in [6.45, 7) is 1.87. The summed E-state index contributed by atoms with van der Waals surface area (Å²) >= 11 is 11.9. The molecule has 134 valence electrons. The molecule has 0 heterocycles. The third-order valence-corrected chi connectivity index (χ3v) is 5.01. The molecule has 25 heavy (non-hydrogen) atoms. The third kappa shape index (κ3) is 5.07. The molecule has 0 saturated heterocycles. The van der Waals surface area contributed by atoms with Gasteiger partial charge in [0.25, 0.3) is 0 Å². The first kappa shape index (κ1) is 19.5. The molecule has 0 radical (unpaired) electrons. The summed E-state index contributed by atoms with van der Waals surface area (Å²) in [5.41, 5.74) is 0.102. The van der Waals surface area contributed by atoms with Crippen molar-refractivity contribution in [2.75, 3.05) is 11.3 Å². The van der Waals surface area contributed by atoms with Crippen LogP contribution in [-0.2, 0) is 20.5 Å². The van der Waals surface area contributed by atoms with Gasteiger partial charge in [-0.2, -0.15) is 0 Å². The zero-order valence-corrected chi connectivity index (χ0v) is 15.4. The second-order valence-corrected chi connectivity index (χ2v) is 7.51. The summed E-state index contributed by atoms with van der Waals surface area (Å²) < 4.78 is 45.4. The fourth-order valence-electron chi connectivity index (χ4n) is 2.00. The summed E-state index contributed by atoms with van der Waals surface area (Å²) in [6.07, 6.45) is 0. The lowest BCUT2D eigenvalue weighted by molar-refractivity contribution is 0.0526. The number of hydrogen-bond donors (Lipinski definition) is 1. The second-order valence-electron chi connectivity index (χ2n) is 4.98. The van der Waals surface area contributed by atoms with Crippen LogP contribution in [0.5, 0.6) is 0 Å². The molecule has 0 fully saturated rings. The van der Waals surface area contributed by atoms with E-state index in [4.69, 9.17) is 27.9 Å². The monoisotopic (exact) mass is 405 g/mol. The van der Waals surface area contributed by atoms with Gasteiger partial charge in [-0.15, -0.1) is 0 Å². The highest BCUT2D eigenvalue weighted by molar-refractivity contribution is 7.91. The number of sulfonamides is 1. The van der Waals surface area contributed by atoms with Gasteiger partial charge < -0.3 is 4.74 Å². The van der Waals surface area contributed by atoms with Gasteiger partial charge in [-0.1, -0.05) is 29.3 Å². The van der Waals surface area contributed by atoms with Crippen molar-refractivity contribution in [2.24, 2.45) is 0 Å². The molecule has 0 aliphatic carbocycles. The van der Waals surface area contributed by atoms with Gasteiger partial charge in [0.05, 0.1) is 28.6 Å². The van der Waals surface area contributed by atoms with E-state index < -0.39 is 27.6 Å². The predicted octanol–water partition coefficient (Wildman–Crippen LogP) is 4.25. The van der Waals surface area contributed by atoms with Crippen LogP contribution in [0.15, 0.2) is 36.4 Å². The van der Waals surface area contributed by atoms with Crippen LogP contribution >= 0.6 is 23.2 Å². The molecule has 1 N–H and O–H groups in total. The quantitative estimate of drug-likeness (QED) is 0.728. The van der Waals surface area contributed by atoms with Crippen molar-refractivity contribution in [1.29, 1.82) is 0 Å². The van der Waals surface area contributed by atoms with Crippen LogP contribution in [-0.4, -0.2) is 21.0 Å². The molecule has 0 atom stereocenters. The summed E-state index contributed by atoms with van der Waals surface area (Å²) in [5, 5.41) is 0.0166. The lowest BCUT2D eigenvalue weighted by atomic mass is 10.2. The van der Waals surface area contributed by atoms with Gasteiger partial charge in [0, 0.05) is 10.6 Å². The van der Waals surface area contributed by atoms with Crippen LogP contribution in [0.3, 0.4) is 0 Å². The van der Waals surface area contributed by atoms with Crippen LogP contribution in [0.1, 0.15) is 22.8 Å². The number of hydrogen-bond acceptors (Lipinski definition) is 4. The number of carbonyl (C=O) groups is 1. The van der Waals surface area contributed by atoms with Gasteiger partial charge in [-0.05, 0) is 37.3 Å². The Morgan fingerprint density at radius 3 is 2.52 bits per heavy atom. The Kier molecular flexibility index (Phi) is 6.26. The molecule has 0 aliphatic heterocycles.